The molecule has 25 heavy (non-hydrogen) atoms. The Kier molecular flexibility index (Phi) is 4.97. The summed E-state index contributed by atoms with van der Waals surface area (Å²) >= 11 is 0. The Labute approximate surface area is 145 Å². The molecular weight excluding hydrogens is 316 g/mol. The Hall–Kier alpha value is -2.89. The third-order valence-corrected chi connectivity index (χ3v) is 4.21. The number of para-hydroxylation sites is 2. The van der Waals surface area contributed by atoms with Crippen molar-refractivity contribution >= 4 is 16.9 Å². The molecule has 6 nitrogen and oxygen atoms in total. The molecule has 0 bridgehead atoms. The predicted molar refractivity (Wildman–Crippen MR) is 97.4 cm³/mol. The van der Waals surface area contributed by atoms with E-state index in [0.717, 1.165) is 28.1 Å². The Morgan fingerprint density at radius 2 is 2.00 bits per heavy atom. The highest BCUT2D eigenvalue weighted by Gasteiger charge is 2.08. The highest BCUT2D eigenvalue weighted by atomic mass is 16.1. The first kappa shape index (κ1) is 17.0. The van der Waals surface area contributed by atoms with Gasteiger partial charge in [-0.2, -0.15) is 0 Å². The van der Waals surface area contributed by atoms with Gasteiger partial charge in [0.1, 0.15) is 5.82 Å². The van der Waals surface area contributed by atoms with E-state index < -0.39 is 0 Å². The molecule has 0 atom stereocenters. The number of imidazole rings is 1. The number of nitrogens with one attached hydrogen (secondary N) is 3. The van der Waals surface area contributed by atoms with Crippen molar-refractivity contribution < 1.29 is 4.79 Å². The van der Waals surface area contributed by atoms with E-state index in [-0.39, 0.29) is 18.0 Å². The number of rotatable bonds is 6. The van der Waals surface area contributed by atoms with Crippen LogP contribution in [0.1, 0.15) is 35.5 Å². The molecule has 1 amide bonds. The average molecular weight is 338 g/mol. The minimum absolute atomic E-state index is 0.0597. The van der Waals surface area contributed by atoms with Crippen molar-refractivity contribution in [2.75, 3.05) is 0 Å². The summed E-state index contributed by atoms with van der Waals surface area (Å²) < 4.78 is 0. The molecule has 0 spiro atoms. The van der Waals surface area contributed by atoms with Gasteiger partial charge in [-0.1, -0.05) is 12.1 Å². The normalized spacial score (nSPS) is 11.0. The van der Waals surface area contributed by atoms with Crippen molar-refractivity contribution in [1.29, 1.82) is 0 Å². The standard InChI is InChI=1S/C19H22N4O2/c1-12-10-13(2)21-19(25)14(12)11-20-18(24)9-5-8-17-22-15-6-3-4-7-16(15)23-17/h3-4,6-7,10H,5,8-9,11H2,1-2H3,(H,20,24)(H,21,25)(H,22,23). The second kappa shape index (κ2) is 7.34. The summed E-state index contributed by atoms with van der Waals surface area (Å²) in [5.41, 5.74) is 4.13. The lowest BCUT2D eigenvalue weighted by molar-refractivity contribution is -0.121. The Balaban J connectivity index is 1.49. The lowest BCUT2D eigenvalue weighted by Gasteiger charge is -2.08. The second-order valence-electron chi connectivity index (χ2n) is 6.27. The third-order valence-electron chi connectivity index (χ3n) is 4.21. The van der Waals surface area contributed by atoms with Gasteiger partial charge >= 0.3 is 0 Å². The van der Waals surface area contributed by atoms with Crippen LogP contribution in [0.5, 0.6) is 0 Å². The van der Waals surface area contributed by atoms with Gasteiger partial charge in [0.15, 0.2) is 0 Å². The molecule has 1 aromatic carbocycles. The average Bonchev–Trinajstić information content (AvgIpc) is 2.96. The van der Waals surface area contributed by atoms with E-state index in [9.17, 15) is 9.59 Å². The van der Waals surface area contributed by atoms with Crippen molar-refractivity contribution in [1.82, 2.24) is 20.3 Å². The number of aryl methyl sites for hydroxylation is 3. The first-order valence-electron chi connectivity index (χ1n) is 8.42. The minimum Gasteiger partial charge on any atom is -0.352 e. The first-order valence-corrected chi connectivity index (χ1v) is 8.42. The van der Waals surface area contributed by atoms with Crippen LogP contribution in [0.15, 0.2) is 35.1 Å². The van der Waals surface area contributed by atoms with Crippen molar-refractivity contribution in [2.45, 2.75) is 39.7 Å². The number of fused-ring (bicyclic) bond motifs is 1. The quantitative estimate of drug-likeness (QED) is 0.645. The number of pyridine rings is 1. The number of aromatic amines is 2. The summed E-state index contributed by atoms with van der Waals surface area (Å²) in [6, 6.07) is 9.77. The number of aromatic nitrogens is 3. The molecule has 0 fully saturated rings. The Bertz CT molecular complexity index is 922. The molecule has 0 saturated heterocycles. The van der Waals surface area contributed by atoms with Crippen LogP contribution in [0.4, 0.5) is 0 Å². The molecule has 3 N–H and O–H groups in total. The van der Waals surface area contributed by atoms with Gasteiger partial charge in [-0.05, 0) is 44.0 Å². The van der Waals surface area contributed by atoms with Crippen LogP contribution in [0.25, 0.3) is 11.0 Å². The fraction of sp³-hybridized carbons (Fsp3) is 0.316. The highest BCUT2D eigenvalue weighted by Crippen LogP contribution is 2.12. The number of hydrogen-bond donors (Lipinski definition) is 3. The summed E-state index contributed by atoms with van der Waals surface area (Å²) in [6.45, 7) is 3.98. The van der Waals surface area contributed by atoms with Gasteiger partial charge in [-0.15, -0.1) is 0 Å². The molecule has 3 aromatic rings. The zero-order valence-electron chi connectivity index (χ0n) is 14.5. The molecule has 130 valence electrons. The van der Waals surface area contributed by atoms with Crippen LogP contribution >= 0.6 is 0 Å². The molecule has 6 heteroatoms. The molecule has 2 aromatic heterocycles. The maximum atomic E-state index is 12.0. The second-order valence-corrected chi connectivity index (χ2v) is 6.27. The lowest BCUT2D eigenvalue weighted by Crippen LogP contribution is -2.27. The summed E-state index contributed by atoms with van der Waals surface area (Å²) in [5, 5.41) is 2.82. The minimum atomic E-state index is -0.139. The van der Waals surface area contributed by atoms with Crippen molar-refractivity contribution in [3.05, 3.63) is 63.3 Å². The Morgan fingerprint density at radius 3 is 2.76 bits per heavy atom. The number of H-pyrrole nitrogens is 2. The van der Waals surface area contributed by atoms with Gasteiger partial charge < -0.3 is 15.3 Å². The zero-order valence-corrected chi connectivity index (χ0v) is 14.5. The number of carbonyl (C=O) groups excluding carboxylic acids is 1. The van der Waals surface area contributed by atoms with Crippen LogP contribution in [0.3, 0.4) is 0 Å². The molecular formula is C19H22N4O2. The van der Waals surface area contributed by atoms with Gasteiger partial charge in [-0.25, -0.2) is 4.98 Å². The highest BCUT2D eigenvalue weighted by molar-refractivity contribution is 5.76. The van der Waals surface area contributed by atoms with Crippen molar-refractivity contribution in [2.24, 2.45) is 0 Å². The van der Waals surface area contributed by atoms with Crippen molar-refractivity contribution in [3.63, 3.8) is 0 Å². The van der Waals surface area contributed by atoms with E-state index >= 15 is 0 Å². The summed E-state index contributed by atoms with van der Waals surface area (Å²) in [6.07, 6.45) is 1.82. The van der Waals surface area contributed by atoms with E-state index in [2.05, 4.69) is 20.3 Å². The van der Waals surface area contributed by atoms with Crippen LogP contribution in [-0.4, -0.2) is 20.9 Å². The molecule has 0 aliphatic rings. The number of nitrogens with zero attached hydrogens (tertiary/aromatic N) is 1. The topological polar surface area (TPSA) is 90.6 Å². The van der Waals surface area contributed by atoms with Crippen LogP contribution in [0, 0.1) is 13.8 Å². The van der Waals surface area contributed by atoms with Gasteiger partial charge in [0.2, 0.25) is 5.91 Å². The van der Waals surface area contributed by atoms with E-state index in [1.54, 1.807) is 0 Å². The van der Waals surface area contributed by atoms with Gasteiger partial charge in [0.05, 0.1) is 11.0 Å². The van der Waals surface area contributed by atoms with Crippen molar-refractivity contribution in [3.8, 4) is 0 Å². The third kappa shape index (κ3) is 4.15. The van der Waals surface area contributed by atoms with E-state index in [4.69, 9.17) is 0 Å². The van der Waals surface area contributed by atoms with E-state index in [0.29, 0.717) is 24.8 Å². The molecule has 0 radical (unpaired) electrons. The van der Waals surface area contributed by atoms with E-state index in [1.807, 2.05) is 44.2 Å². The predicted octanol–water partition coefficient (Wildman–Crippen LogP) is 2.51. The number of amides is 1. The zero-order chi connectivity index (χ0) is 17.8. The number of benzene rings is 1. The van der Waals surface area contributed by atoms with Gasteiger partial charge in [0, 0.05) is 30.6 Å². The monoisotopic (exact) mass is 338 g/mol. The largest absolute Gasteiger partial charge is 0.352 e. The van der Waals surface area contributed by atoms with E-state index in [1.165, 1.54) is 0 Å². The maximum absolute atomic E-state index is 12.0. The Morgan fingerprint density at radius 1 is 1.20 bits per heavy atom. The number of carbonyl (C=O) groups is 1. The molecule has 3 rings (SSSR count). The van der Waals surface area contributed by atoms with Crippen LogP contribution in [-0.2, 0) is 17.8 Å². The fourth-order valence-corrected chi connectivity index (χ4v) is 2.92. The summed E-state index contributed by atoms with van der Waals surface area (Å²) in [7, 11) is 0. The molecule has 0 aliphatic carbocycles. The fourth-order valence-electron chi connectivity index (χ4n) is 2.92. The first-order chi connectivity index (χ1) is 12.0. The summed E-state index contributed by atoms with van der Waals surface area (Å²) in [5.74, 6) is 0.829. The molecule has 2 heterocycles. The van der Waals surface area contributed by atoms with Crippen LogP contribution < -0.4 is 10.9 Å². The van der Waals surface area contributed by atoms with Crippen LogP contribution in [0.2, 0.25) is 0 Å². The molecule has 0 unspecified atom stereocenters. The summed E-state index contributed by atoms with van der Waals surface area (Å²) in [4.78, 5) is 34.5. The molecule has 0 saturated carbocycles. The lowest BCUT2D eigenvalue weighted by atomic mass is 10.1. The van der Waals surface area contributed by atoms with Gasteiger partial charge in [-0.3, -0.25) is 9.59 Å². The smallest absolute Gasteiger partial charge is 0.253 e. The maximum Gasteiger partial charge on any atom is 0.253 e. The van der Waals surface area contributed by atoms with Gasteiger partial charge in [0.25, 0.3) is 5.56 Å². The molecule has 0 aliphatic heterocycles. The number of hydrogen-bond acceptors (Lipinski definition) is 3. The SMILES string of the molecule is Cc1cc(C)c(CNC(=O)CCCc2nc3ccccc3[nH]2)c(=O)[nH]1.